The number of Topliss-reactive ketones (excluding diaryl/α,β-unsaturated/α-hetero) is 1. The second kappa shape index (κ2) is 6.15. The Morgan fingerprint density at radius 1 is 1.43 bits per heavy atom. The zero-order chi connectivity index (χ0) is 15.4. The van der Waals surface area contributed by atoms with Crippen LogP contribution in [0.15, 0.2) is 24.3 Å². The quantitative estimate of drug-likeness (QED) is 0.689. The molecule has 7 heteroatoms. The fourth-order valence-corrected chi connectivity index (χ4v) is 2.51. The molecule has 0 saturated carbocycles. The number of ether oxygens (including phenoxy) is 1. The van der Waals surface area contributed by atoms with Crippen molar-refractivity contribution < 1.29 is 14.3 Å². The molecule has 106 valence electrons. The first-order valence-corrected chi connectivity index (χ1v) is 6.74. The predicted octanol–water partition coefficient (Wildman–Crippen LogP) is 2.75. The van der Waals surface area contributed by atoms with Crippen LogP contribution in [-0.4, -0.2) is 23.8 Å². The third-order valence-electron chi connectivity index (χ3n) is 2.57. The monoisotopic (exact) mass is 301 g/mol. The van der Waals surface area contributed by atoms with Gasteiger partial charge in [0, 0.05) is 12.6 Å². The number of hydrogen-bond donors (Lipinski definition) is 1. The predicted molar refractivity (Wildman–Crippen MR) is 77.9 cm³/mol. The van der Waals surface area contributed by atoms with E-state index < -0.39 is 5.97 Å². The van der Waals surface area contributed by atoms with Gasteiger partial charge in [-0.1, -0.05) is 17.4 Å². The summed E-state index contributed by atoms with van der Waals surface area (Å²) >= 11 is 1.06. The normalized spacial score (nSPS) is 9.76. The van der Waals surface area contributed by atoms with Crippen LogP contribution < -0.4 is 5.32 Å². The molecule has 0 unspecified atom stereocenters. The van der Waals surface area contributed by atoms with Crippen molar-refractivity contribution in [1.29, 1.82) is 5.26 Å². The number of methoxy groups -OCH3 is 1. The molecule has 0 aliphatic carbocycles. The van der Waals surface area contributed by atoms with Crippen LogP contribution in [-0.2, 0) is 4.74 Å². The van der Waals surface area contributed by atoms with Crippen molar-refractivity contribution in [1.82, 2.24) is 4.98 Å². The maximum atomic E-state index is 11.6. The number of carbonyl (C=O) groups is 2. The number of nitrogens with zero attached hydrogens (tertiary/aromatic N) is 2. The van der Waals surface area contributed by atoms with Crippen LogP contribution in [0.4, 0.5) is 10.8 Å². The standard InChI is InChI=1S/C14H11N3O3S/c1-8(18)12-11(13(19)20-2)17-14(21-12)16-10-5-3-4-9(6-10)7-15/h3-6H,1-2H3,(H,16,17). The number of anilines is 2. The highest BCUT2D eigenvalue weighted by Crippen LogP contribution is 2.27. The lowest BCUT2D eigenvalue weighted by Gasteiger charge is -2.01. The van der Waals surface area contributed by atoms with Gasteiger partial charge in [-0.3, -0.25) is 4.79 Å². The minimum absolute atomic E-state index is 0.00561. The molecule has 2 aromatic rings. The topological polar surface area (TPSA) is 92.1 Å². The van der Waals surface area contributed by atoms with Crippen molar-refractivity contribution in [2.45, 2.75) is 6.92 Å². The number of aromatic nitrogens is 1. The van der Waals surface area contributed by atoms with Gasteiger partial charge in [0.2, 0.25) is 0 Å². The lowest BCUT2D eigenvalue weighted by Crippen LogP contribution is -2.07. The van der Waals surface area contributed by atoms with Crippen molar-refractivity contribution in [3.63, 3.8) is 0 Å². The maximum Gasteiger partial charge on any atom is 0.358 e. The Bertz CT molecular complexity index is 746. The van der Waals surface area contributed by atoms with Gasteiger partial charge in [0.1, 0.15) is 4.88 Å². The molecule has 0 atom stereocenters. The molecule has 2 rings (SSSR count). The third kappa shape index (κ3) is 3.24. The number of hydrogen-bond acceptors (Lipinski definition) is 7. The highest BCUT2D eigenvalue weighted by atomic mass is 32.1. The van der Waals surface area contributed by atoms with Gasteiger partial charge in [0.25, 0.3) is 0 Å². The summed E-state index contributed by atoms with van der Waals surface area (Å²) in [6, 6.07) is 8.83. The number of thiazole rings is 1. The zero-order valence-corrected chi connectivity index (χ0v) is 12.2. The second-order valence-corrected chi connectivity index (χ2v) is 5.06. The van der Waals surface area contributed by atoms with Gasteiger partial charge in [0.05, 0.1) is 18.7 Å². The van der Waals surface area contributed by atoms with E-state index in [4.69, 9.17) is 5.26 Å². The molecule has 0 aliphatic rings. The Morgan fingerprint density at radius 3 is 2.81 bits per heavy atom. The van der Waals surface area contributed by atoms with E-state index in [0.29, 0.717) is 16.4 Å². The van der Waals surface area contributed by atoms with Gasteiger partial charge in [-0.15, -0.1) is 0 Å². The van der Waals surface area contributed by atoms with Crippen LogP contribution in [0.25, 0.3) is 0 Å². The molecule has 1 heterocycles. The van der Waals surface area contributed by atoms with Gasteiger partial charge in [-0.25, -0.2) is 9.78 Å². The highest BCUT2D eigenvalue weighted by molar-refractivity contribution is 7.17. The molecule has 0 aliphatic heterocycles. The highest BCUT2D eigenvalue weighted by Gasteiger charge is 2.21. The molecule has 0 amide bonds. The Balaban J connectivity index is 2.34. The van der Waals surface area contributed by atoms with E-state index in [0.717, 1.165) is 11.3 Å². The summed E-state index contributed by atoms with van der Waals surface area (Å²) in [5, 5.41) is 12.2. The van der Waals surface area contributed by atoms with Crippen molar-refractivity contribution in [2.24, 2.45) is 0 Å². The molecule has 0 radical (unpaired) electrons. The molecule has 0 bridgehead atoms. The second-order valence-electron chi connectivity index (χ2n) is 4.06. The van der Waals surface area contributed by atoms with E-state index in [-0.39, 0.29) is 16.4 Å². The van der Waals surface area contributed by atoms with Crippen molar-refractivity contribution in [2.75, 3.05) is 12.4 Å². The summed E-state index contributed by atoms with van der Waals surface area (Å²) in [5.74, 6) is -0.915. The van der Waals surface area contributed by atoms with Crippen LogP contribution in [0, 0.1) is 11.3 Å². The molecule has 1 aromatic heterocycles. The summed E-state index contributed by atoms with van der Waals surface area (Å²) in [6.45, 7) is 1.36. The summed E-state index contributed by atoms with van der Waals surface area (Å²) < 4.78 is 4.61. The first kappa shape index (κ1) is 14.7. The Kier molecular flexibility index (Phi) is 4.30. The van der Waals surface area contributed by atoms with E-state index in [1.165, 1.54) is 14.0 Å². The first-order chi connectivity index (χ1) is 10.0. The van der Waals surface area contributed by atoms with Crippen LogP contribution in [0.3, 0.4) is 0 Å². The molecule has 6 nitrogen and oxygen atoms in total. The Morgan fingerprint density at radius 2 is 2.19 bits per heavy atom. The van der Waals surface area contributed by atoms with E-state index in [1.54, 1.807) is 24.3 Å². The SMILES string of the molecule is COC(=O)c1nc(Nc2cccc(C#N)c2)sc1C(C)=O. The molecule has 0 saturated heterocycles. The van der Waals surface area contributed by atoms with Crippen molar-refractivity contribution >= 4 is 33.9 Å². The minimum atomic E-state index is -0.657. The van der Waals surface area contributed by atoms with Crippen LogP contribution in [0.1, 0.15) is 32.6 Å². The lowest BCUT2D eigenvalue weighted by molar-refractivity contribution is 0.0591. The summed E-state index contributed by atoms with van der Waals surface area (Å²) in [7, 11) is 1.23. The van der Waals surface area contributed by atoms with Crippen molar-refractivity contribution in [3.8, 4) is 6.07 Å². The Labute approximate surface area is 125 Å². The maximum absolute atomic E-state index is 11.6. The third-order valence-corrected chi connectivity index (χ3v) is 3.64. The molecule has 1 aromatic carbocycles. The van der Waals surface area contributed by atoms with Gasteiger partial charge in [-0.2, -0.15) is 5.26 Å². The smallest absolute Gasteiger partial charge is 0.358 e. The van der Waals surface area contributed by atoms with Crippen LogP contribution in [0.2, 0.25) is 0 Å². The summed E-state index contributed by atoms with van der Waals surface area (Å²) in [6.07, 6.45) is 0. The fraction of sp³-hybridized carbons (Fsp3) is 0.143. The molecular formula is C14H11N3O3S. The first-order valence-electron chi connectivity index (χ1n) is 5.92. The molecule has 21 heavy (non-hydrogen) atoms. The molecule has 0 fully saturated rings. The van der Waals surface area contributed by atoms with Gasteiger partial charge in [0.15, 0.2) is 16.6 Å². The number of nitrogens with one attached hydrogen (secondary N) is 1. The summed E-state index contributed by atoms with van der Waals surface area (Å²) in [4.78, 5) is 27.5. The fourth-order valence-electron chi connectivity index (χ4n) is 1.64. The number of esters is 1. The Hall–Kier alpha value is -2.72. The van der Waals surface area contributed by atoms with Gasteiger partial charge >= 0.3 is 5.97 Å². The van der Waals surface area contributed by atoms with Crippen LogP contribution in [0.5, 0.6) is 0 Å². The minimum Gasteiger partial charge on any atom is -0.464 e. The molecule has 1 N–H and O–H groups in total. The van der Waals surface area contributed by atoms with E-state index in [9.17, 15) is 9.59 Å². The number of nitriles is 1. The largest absolute Gasteiger partial charge is 0.464 e. The number of rotatable bonds is 4. The van der Waals surface area contributed by atoms with Gasteiger partial charge < -0.3 is 10.1 Å². The summed E-state index contributed by atoms with van der Waals surface area (Å²) in [5.41, 5.74) is 1.14. The van der Waals surface area contributed by atoms with E-state index >= 15 is 0 Å². The number of benzene rings is 1. The molecule has 0 spiro atoms. The van der Waals surface area contributed by atoms with Crippen LogP contribution >= 0.6 is 11.3 Å². The lowest BCUT2D eigenvalue weighted by atomic mass is 10.2. The average Bonchev–Trinajstić information content (AvgIpc) is 2.90. The molecular weight excluding hydrogens is 290 g/mol. The van der Waals surface area contributed by atoms with E-state index in [1.807, 2.05) is 6.07 Å². The van der Waals surface area contributed by atoms with Crippen molar-refractivity contribution in [3.05, 3.63) is 40.4 Å². The number of ketones is 1. The number of carbonyl (C=O) groups excluding carboxylic acids is 2. The zero-order valence-electron chi connectivity index (χ0n) is 11.3. The van der Waals surface area contributed by atoms with Gasteiger partial charge in [-0.05, 0) is 18.2 Å². The average molecular weight is 301 g/mol. The van der Waals surface area contributed by atoms with E-state index in [2.05, 4.69) is 15.0 Å².